The molecule has 0 aliphatic rings. The zero-order chi connectivity index (χ0) is 10.6. The normalized spacial score (nSPS) is 11.4. The van der Waals surface area contributed by atoms with Gasteiger partial charge in [0.05, 0.1) is 5.56 Å². The molecule has 0 bridgehead atoms. The van der Waals surface area contributed by atoms with Gasteiger partial charge in [-0.25, -0.2) is 0 Å². The lowest BCUT2D eigenvalue weighted by Gasteiger charge is -2.11. The van der Waals surface area contributed by atoms with Gasteiger partial charge in [-0.15, -0.1) is 0 Å². The second-order valence-corrected chi connectivity index (χ2v) is 2.80. The average molecular weight is 201 g/mol. The highest BCUT2D eigenvalue weighted by Crippen LogP contribution is 2.32. The maximum atomic E-state index is 12.4. The fourth-order valence-corrected chi connectivity index (χ4v) is 1.20. The minimum absolute atomic E-state index is 0.00685. The Hall–Kier alpha value is -1.32. The maximum absolute atomic E-state index is 12.4. The third-order valence-electron chi connectivity index (χ3n) is 1.82. The largest absolute Gasteiger partial charge is 0.416 e. The molecule has 0 atom stereocenters. The number of hydrogen-bond donors (Lipinski definition) is 0. The van der Waals surface area contributed by atoms with E-state index in [0.717, 1.165) is 6.07 Å². The molecular weight excluding hydrogens is 193 g/mol. The van der Waals surface area contributed by atoms with Gasteiger partial charge in [-0.05, 0) is 18.1 Å². The summed E-state index contributed by atoms with van der Waals surface area (Å²) in [6.45, 7) is 0. The van der Waals surface area contributed by atoms with Crippen molar-refractivity contribution in [3.05, 3.63) is 35.4 Å². The van der Waals surface area contributed by atoms with Crippen LogP contribution in [0.4, 0.5) is 13.2 Å². The van der Waals surface area contributed by atoms with Crippen LogP contribution in [0.2, 0.25) is 0 Å². The molecule has 0 aliphatic carbocycles. The minimum atomic E-state index is -4.35. The van der Waals surface area contributed by atoms with Crippen LogP contribution in [0, 0.1) is 0 Å². The molecule has 0 saturated carbocycles. The van der Waals surface area contributed by atoms with Gasteiger partial charge in [0.15, 0.2) is 6.29 Å². The summed E-state index contributed by atoms with van der Waals surface area (Å²) in [4.78, 5) is 9.93. The fourth-order valence-electron chi connectivity index (χ4n) is 1.20. The lowest BCUT2D eigenvalue weighted by atomic mass is 10.0. The molecule has 0 N–H and O–H groups in total. The Bertz CT molecular complexity index is 317. The fraction of sp³-hybridized carbons (Fsp3) is 0.300. The van der Waals surface area contributed by atoms with Crippen LogP contribution >= 0.6 is 0 Å². The highest BCUT2D eigenvalue weighted by molar-refractivity contribution is 5.51. The molecule has 0 spiro atoms. The second kappa shape index (κ2) is 4.26. The van der Waals surface area contributed by atoms with Gasteiger partial charge in [0, 0.05) is 6.42 Å². The summed E-state index contributed by atoms with van der Waals surface area (Å²) in [5.74, 6) is 0. The first kappa shape index (κ1) is 10.8. The van der Waals surface area contributed by atoms with Crippen LogP contribution in [0.15, 0.2) is 24.3 Å². The molecule has 1 aromatic rings. The van der Waals surface area contributed by atoms with Crippen molar-refractivity contribution < 1.29 is 18.0 Å². The molecule has 1 radical (unpaired) electrons. The number of halogens is 3. The molecule has 75 valence electrons. The monoisotopic (exact) mass is 201 g/mol. The first-order valence-corrected chi connectivity index (χ1v) is 4.06. The predicted molar refractivity (Wildman–Crippen MR) is 45.5 cm³/mol. The van der Waals surface area contributed by atoms with Crippen molar-refractivity contribution in [2.45, 2.75) is 19.0 Å². The molecule has 1 rings (SSSR count). The van der Waals surface area contributed by atoms with E-state index in [1.54, 1.807) is 6.29 Å². The van der Waals surface area contributed by atoms with Crippen LogP contribution in [-0.2, 0) is 17.4 Å². The second-order valence-electron chi connectivity index (χ2n) is 2.80. The van der Waals surface area contributed by atoms with Crippen LogP contribution in [0.1, 0.15) is 17.5 Å². The lowest BCUT2D eigenvalue weighted by Crippen LogP contribution is -2.08. The minimum Gasteiger partial charge on any atom is -0.291 e. The number of hydrogen-bond acceptors (Lipinski definition) is 1. The van der Waals surface area contributed by atoms with Gasteiger partial charge < -0.3 is 0 Å². The van der Waals surface area contributed by atoms with Crippen LogP contribution in [-0.4, -0.2) is 6.29 Å². The molecule has 0 saturated heterocycles. The maximum Gasteiger partial charge on any atom is 0.416 e. The Morgan fingerprint density at radius 2 is 1.86 bits per heavy atom. The van der Waals surface area contributed by atoms with Crippen molar-refractivity contribution in [3.63, 3.8) is 0 Å². The number of rotatable bonds is 3. The average Bonchev–Trinajstić information content (AvgIpc) is 2.14. The van der Waals surface area contributed by atoms with Gasteiger partial charge in [0.2, 0.25) is 0 Å². The van der Waals surface area contributed by atoms with E-state index in [2.05, 4.69) is 0 Å². The van der Waals surface area contributed by atoms with Gasteiger partial charge in [-0.3, -0.25) is 4.79 Å². The van der Waals surface area contributed by atoms with Crippen LogP contribution in [0.5, 0.6) is 0 Å². The zero-order valence-corrected chi connectivity index (χ0v) is 7.27. The summed E-state index contributed by atoms with van der Waals surface area (Å²) in [6, 6.07) is 5.24. The number of carbonyl (C=O) groups excluding carboxylic acids is 1. The van der Waals surface area contributed by atoms with Gasteiger partial charge in [0.25, 0.3) is 0 Å². The molecule has 0 aromatic heterocycles. The summed E-state index contributed by atoms with van der Waals surface area (Å²) < 4.78 is 37.1. The Balaban J connectivity index is 2.97. The summed E-state index contributed by atoms with van der Waals surface area (Å²) in [5, 5.41) is 0. The Kier molecular flexibility index (Phi) is 3.28. The Morgan fingerprint density at radius 1 is 1.21 bits per heavy atom. The van der Waals surface area contributed by atoms with Gasteiger partial charge >= 0.3 is 6.18 Å². The van der Waals surface area contributed by atoms with Crippen LogP contribution in [0.3, 0.4) is 0 Å². The predicted octanol–water partition coefficient (Wildman–Crippen LogP) is 2.75. The van der Waals surface area contributed by atoms with E-state index in [1.165, 1.54) is 18.2 Å². The van der Waals surface area contributed by atoms with E-state index in [0.29, 0.717) is 0 Å². The van der Waals surface area contributed by atoms with Gasteiger partial charge in [0.1, 0.15) is 0 Å². The summed E-state index contributed by atoms with van der Waals surface area (Å²) in [5.41, 5.74) is -0.529. The molecule has 0 aliphatic heterocycles. The Morgan fingerprint density at radius 3 is 2.43 bits per heavy atom. The summed E-state index contributed by atoms with van der Waals surface area (Å²) in [6.07, 6.45) is -2.69. The third kappa shape index (κ3) is 2.58. The first-order chi connectivity index (χ1) is 6.55. The van der Waals surface area contributed by atoms with E-state index in [-0.39, 0.29) is 18.4 Å². The standard InChI is InChI=1S/C10H8F3O/c11-10(12,13)9-6-2-1-4-8(9)5-3-7-14/h1-2,4,6H,3,5H2. The van der Waals surface area contributed by atoms with Crippen molar-refractivity contribution >= 4 is 6.29 Å². The van der Waals surface area contributed by atoms with E-state index in [9.17, 15) is 18.0 Å². The molecule has 14 heavy (non-hydrogen) atoms. The van der Waals surface area contributed by atoms with Gasteiger partial charge in [-0.1, -0.05) is 18.2 Å². The molecule has 1 aromatic carbocycles. The third-order valence-corrected chi connectivity index (χ3v) is 1.82. The zero-order valence-electron chi connectivity index (χ0n) is 7.27. The molecule has 0 heterocycles. The summed E-state index contributed by atoms with van der Waals surface area (Å²) in [7, 11) is 0. The SMILES string of the molecule is O=[C]CCc1ccccc1C(F)(F)F. The summed E-state index contributed by atoms with van der Waals surface area (Å²) >= 11 is 0. The highest BCUT2D eigenvalue weighted by atomic mass is 19.4. The van der Waals surface area contributed by atoms with Crippen molar-refractivity contribution in [3.8, 4) is 0 Å². The van der Waals surface area contributed by atoms with Crippen LogP contribution < -0.4 is 0 Å². The van der Waals surface area contributed by atoms with Crippen molar-refractivity contribution in [2.24, 2.45) is 0 Å². The highest BCUT2D eigenvalue weighted by Gasteiger charge is 2.32. The molecule has 0 unspecified atom stereocenters. The first-order valence-electron chi connectivity index (χ1n) is 4.06. The number of benzene rings is 1. The molecule has 0 amide bonds. The van der Waals surface area contributed by atoms with E-state index >= 15 is 0 Å². The lowest BCUT2D eigenvalue weighted by molar-refractivity contribution is -0.138. The molecule has 1 nitrogen and oxygen atoms in total. The van der Waals surface area contributed by atoms with Crippen molar-refractivity contribution in [1.29, 1.82) is 0 Å². The van der Waals surface area contributed by atoms with Gasteiger partial charge in [-0.2, -0.15) is 13.2 Å². The van der Waals surface area contributed by atoms with E-state index < -0.39 is 11.7 Å². The molecular formula is C10H8F3O. The number of aryl methyl sites for hydroxylation is 1. The molecule has 4 heteroatoms. The van der Waals surface area contributed by atoms with Crippen LogP contribution in [0.25, 0.3) is 0 Å². The Labute approximate surface area is 79.5 Å². The van der Waals surface area contributed by atoms with Crippen molar-refractivity contribution in [1.82, 2.24) is 0 Å². The molecule has 0 fully saturated rings. The number of alkyl halides is 3. The topological polar surface area (TPSA) is 17.1 Å². The van der Waals surface area contributed by atoms with Crippen molar-refractivity contribution in [2.75, 3.05) is 0 Å². The smallest absolute Gasteiger partial charge is 0.291 e. The van der Waals surface area contributed by atoms with E-state index in [4.69, 9.17) is 0 Å². The quantitative estimate of drug-likeness (QED) is 0.734. The van der Waals surface area contributed by atoms with E-state index in [1.807, 2.05) is 0 Å².